The molecule has 1 aromatic rings. The van der Waals surface area contributed by atoms with Crippen molar-refractivity contribution in [2.75, 3.05) is 37.6 Å². The van der Waals surface area contributed by atoms with E-state index >= 15 is 0 Å². The van der Waals surface area contributed by atoms with Crippen LogP contribution >= 0.6 is 0 Å². The largest absolute Gasteiger partial charge is 0.385 e. The number of nitrogen functional groups attached to an aromatic ring is 1. The zero-order valence-corrected chi connectivity index (χ0v) is 9.10. The molecule has 0 aliphatic heterocycles. The Morgan fingerprint density at radius 1 is 1.53 bits per heavy atom. The van der Waals surface area contributed by atoms with Crippen LogP contribution in [0.15, 0.2) is 12.4 Å². The first-order valence-corrected chi connectivity index (χ1v) is 4.76. The molecule has 0 unspecified atom stereocenters. The van der Waals surface area contributed by atoms with Gasteiger partial charge in [0.1, 0.15) is 5.82 Å². The van der Waals surface area contributed by atoms with Crippen molar-refractivity contribution in [3.8, 4) is 0 Å². The molecule has 0 aliphatic carbocycles. The summed E-state index contributed by atoms with van der Waals surface area (Å²) in [6.45, 7) is 1.61. The molecule has 6 heteroatoms. The average molecular weight is 211 g/mol. The van der Waals surface area contributed by atoms with Crippen LogP contribution in [0, 0.1) is 0 Å². The lowest BCUT2D eigenvalue weighted by atomic mass is 10.4. The monoisotopic (exact) mass is 211 g/mol. The Morgan fingerprint density at radius 3 is 3.00 bits per heavy atom. The van der Waals surface area contributed by atoms with E-state index in [2.05, 4.69) is 15.4 Å². The van der Waals surface area contributed by atoms with E-state index < -0.39 is 0 Å². The van der Waals surface area contributed by atoms with Crippen molar-refractivity contribution in [2.45, 2.75) is 6.42 Å². The Kier molecular flexibility index (Phi) is 4.79. The summed E-state index contributed by atoms with van der Waals surface area (Å²) in [5, 5.41) is 0. The minimum atomic E-state index is 0.561. The highest BCUT2D eigenvalue weighted by Gasteiger charge is 2.03. The molecule has 6 nitrogen and oxygen atoms in total. The zero-order valence-electron chi connectivity index (χ0n) is 9.10. The SMILES string of the molecule is COCCCN(C)c1cncc(NN)n1. The van der Waals surface area contributed by atoms with Gasteiger partial charge in [-0.25, -0.2) is 10.8 Å². The standard InChI is InChI=1S/C9H17N5O/c1-14(4-3-5-15-2)9-7-11-6-8(12-9)13-10/h6-7H,3-5,10H2,1-2H3,(H,12,13). The molecule has 0 aliphatic rings. The highest BCUT2D eigenvalue weighted by Crippen LogP contribution is 2.09. The summed E-state index contributed by atoms with van der Waals surface area (Å²) in [6, 6.07) is 0. The molecule has 3 N–H and O–H groups in total. The molecule has 0 radical (unpaired) electrons. The van der Waals surface area contributed by atoms with Crippen LogP contribution in [0.1, 0.15) is 6.42 Å². The maximum atomic E-state index is 5.25. The maximum absolute atomic E-state index is 5.25. The lowest BCUT2D eigenvalue weighted by molar-refractivity contribution is 0.196. The normalized spacial score (nSPS) is 10.1. The first kappa shape index (κ1) is 11.7. The summed E-state index contributed by atoms with van der Waals surface area (Å²) in [5.41, 5.74) is 2.46. The van der Waals surface area contributed by atoms with E-state index in [-0.39, 0.29) is 0 Å². The zero-order chi connectivity index (χ0) is 11.1. The molecule has 0 atom stereocenters. The fourth-order valence-electron chi connectivity index (χ4n) is 1.17. The third-order valence-corrected chi connectivity index (χ3v) is 2.00. The summed E-state index contributed by atoms with van der Waals surface area (Å²) in [5.74, 6) is 6.60. The van der Waals surface area contributed by atoms with E-state index in [0.717, 1.165) is 25.4 Å². The van der Waals surface area contributed by atoms with Gasteiger partial charge in [-0.3, -0.25) is 4.98 Å². The molecule has 84 valence electrons. The fraction of sp³-hybridized carbons (Fsp3) is 0.556. The van der Waals surface area contributed by atoms with Gasteiger partial charge in [0.05, 0.1) is 12.4 Å². The summed E-state index contributed by atoms with van der Waals surface area (Å²) >= 11 is 0. The van der Waals surface area contributed by atoms with E-state index in [1.165, 1.54) is 0 Å². The highest BCUT2D eigenvalue weighted by molar-refractivity contribution is 5.42. The number of hydrazine groups is 1. The first-order valence-electron chi connectivity index (χ1n) is 4.76. The Balaban J connectivity index is 2.52. The van der Waals surface area contributed by atoms with E-state index in [0.29, 0.717) is 5.82 Å². The third-order valence-electron chi connectivity index (χ3n) is 2.00. The van der Waals surface area contributed by atoms with Crippen molar-refractivity contribution in [3.05, 3.63) is 12.4 Å². The molecule has 0 amide bonds. The summed E-state index contributed by atoms with van der Waals surface area (Å²) in [7, 11) is 3.65. The minimum absolute atomic E-state index is 0.561. The van der Waals surface area contributed by atoms with Gasteiger partial charge in [-0.05, 0) is 6.42 Å². The predicted octanol–water partition coefficient (Wildman–Crippen LogP) is 0.235. The van der Waals surface area contributed by atoms with Crippen molar-refractivity contribution in [1.29, 1.82) is 0 Å². The van der Waals surface area contributed by atoms with Crippen molar-refractivity contribution in [2.24, 2.45) is 5.84 Å². The number of ether oxygens (including phenoxy) is 1. The van der Waals surface area contributed by atoms with Gasteiger partial charge >= 0.3 is 0 Å². The van der Waals surface area contributed by atoms with E-state index in [9.17, 15) is 0 Å². The van der Waals surface area contributed by atoms with Gasteiger partial charge in [-0.15, -0.1) is 0 Å². The molecule has 1 aromatic heterocycles. The Morgan fingerprint density at radius 2 is 2.33 bits per heavy atom. The maximum Gasteiger partial charge on any atom is 0.160 e. The van der Waals surface area contributed by atoms with Gasteiger partial charge in [0, 0.05) is 27.3 Å². The lowest BCUT2D eigenvalue weighted by Gasteiger charge is -2.17. The predicted molar refractivity (Wildman–Crippen MR) is 59.6 cm³/mol. The summed E-state index contributed by atoms with van der Waals surface area (Å²) < 4.78 is 4.98. The van der Waals surface area contributed by atoms with Crippen LogP contribution in [0.4, 0.5) is 11.6 Å². The molecule has 0 saturated heterocycles. The van der Waals surface area contributed by atoms with Crippen LogP contribution in [-0.2, 0) is 4.74 Å². The number of nitrogens with zero attached hydrogens (tertiary/aromatic N) is 3. The molecular weight excluding hydrogens is 194 g/mol. The van der Waals surface area contributed by atoms with Gasteiger partial charge in [0.25, 0.3) is 0 Å². The number of nitrogens with one attached hydrogen (secondary N) is 1. The number of aromatic nitrogens is 2. The summed E-state index contributed by atoms with van der Waals surface area (Å²) in [6.07, 6.45) is 4.23. The van der Waals surface area contributed by atoms with E-state index in [1.807, 2.05) is 11.9 Å². The molecule has 1 heterocycles. The molecule has 0 fully saturated rings. The second-order valence-corrected chi connectivity index (χ2v) is 3.17. The highest BCUT2D eigenvalue weighted by atomic mass is 16.5. The van der Waals surface area contributed by atoms with Crippen molar-refractivity contribution in [1.82, 2.24) is 9.97 Å². The molecule has 1 rings (SSSR count). The molecule has 0 bridgehead atoms. The van der Waals surface area contributed by atoms with E-state index in [4.69, 9.17) is 10.6 Å². The number of anilines is 2. The molecule has 0 saturated carbocycles. The molecular formula is C9H17N5O. The average Bonchev–Trinajstić information content (AvgIpc) is 2.29. The van der Waals surface area contributed by atoms with Gasteiger partial charge in [0.15, 0.2) is 5.82 Å². The quantitative estimate of drug-likeness (QED) is 0.398. The van der Waals surface area contributed by atoms with E-state index in [1.54, 1.807) is 19.5 Å². The number of hydrogen-bond acceptors (Lipinski definition) is 6. The number of nitrogens with two attached hydrogens (primary N) is 1. The van der Waals surface area contributed by atoms with Gasteiger partial charge in [-0.2, -0.15) is 0 Å². The Hall–Kier alpha value is -1.40. The van der Waals surface area contributed by atoms with Gasteiger partial charge in [-0.1, -0.05) is 0 Å². The minimum Gasteiger partial charge on any atom is -0.385 e. The van der Waals surface area contributed by atoms with Crippen LogP contribution in [0.2, 0.25) is 0 Å². The second-order valence-electron chi connectivity index (χ2n) is 3.17. The van der Waals surface area contributed by atoms with Crippen LogP contribution in [0.5, 0.6) is 0 Å². The van der Waals surface area contributed by atoms with Crippen molar-refractivity contribution >= 4 is 11.6 Å². The van der Waals surface area contributed by atoms with Gasteiger partial charge in [0.2, 0.25) is 0 Å². The number of rotatable bonds is 6. The third kappa shape index (κ3) is 3.69. The second kappa shape index (κ2) is 6.15. The number of methoxy groups -OCH3 is 1. The van der Waals surface area contributed by atoms with Crippen LogP contribution in [0.3, 0.4) is 0 Å². The molecule has 0 spiro atoms. The van der Waals surface area contributed by atoms with Crippen molar-refractivity contribution < 1.29 is 4.74 Å². The Labute approximate surface area is 89.4 Å². The molecule has 0 aromatic carbocycles. The smallest absolute Gasteiger partial charge is 0.160 e. The van der Waals surface area contributed by atoms with Gasteiger partial charge < -0.3 is 15.1 Å². The van der Waals surface area contributed by atoms with Crippen LogP contribution in [-0.4, -0.2) is 37.3 Å². The first-order chi connectivity index (χ1) is 7.27. The molecule has 15 heavy (non-hydrogen) atoms. The van der Waals surface area contributed by atoms with Crippen LogP contribution in [0.25, 0.3) is 0 Å². The topological polar surface area (TPSA) is 76.3 Å². The number of hydrogen-bond donors (Lipinski definition) is 2. The summed E-state index contributed by atoms with van der Waals surface area (Å²) in [4.78, 5) is 10.3. The lowest BCUT2D eigenvalue weighted by Crippen LogP contribution is -2.21. The Bertz CT molecular complexity index is 294. The van der Waals surface area contributed by atoms with Crippen LogP contribution < -0.4 is 16.2 Å². The fourth-order valence-corrected chi connectivity index (χ4v) is 1.17. The van der Waals surface area contributed by atoms with Crippen molar-refractivity contribution in [3.63, 3.8) is 0 Å².